The van der Waals surface area contributed by atoms with Crippen LogP contribution in [0.5, 0.6) is 5.75 Å². The molecule has 2 N–H and O–H groups in total. The second kappa shape index (κ2) is 9.95. The van der Waals surface area contributed by atoms with Crippen LogP contribution in [0.1, 0.15) is 31.4 Å². The van der Waals surface area contributed by atoms with E-state index in [0.29, 0.717) is 35.3 Å². The van der Waals surface area contributed by atoms with E-state index in [9.17, 15) is 4.39 Å². The van der Waals surface area contributed by atoms with Crippen molar-refractivity contribution in [2.75, 3.05) is 53.7 Å². The molecule has 1 fully saturated rings. The molecule has 2 aliphatic rings. The quantitative estimate of drug-likeness (QED) is 0.374. The van der Waals surface area contributed by atoms with Crippen molar-refractivity contribution in [1.82, 2.24) is 10.2 Å². The predicted octanol–water partition coefficient (Wildman–Crippen LogP) is 6.27. The van der Waals surface area contributed by atoms with Crippen molar-refractivity contribution < 1.29 is 9.13 Å². The van der Waals surface area contributed by atoms with E-state index in [-0.39, 0.29) is 11.1 Å². The lowest BCUT2D eigenvalue weighted by molar-refractivity contribution is 0.417. The van der Waals surface area contributed by atoms with Gasteiger partial charge in [0.2, 0.25) is 0 Å². The summed E-state index contributed by atoms with van der Waals surface area (Å²) in [6, 6.07) is 10.6. The van der Waals surface area contributed by atoms with E-state index in [1.54, 1.807) is 7.11 Å². The average molecular weight is 517 g/mol. The molecule has 1 atom stereocenters. The minimum absolute atomic E-state index is 0.0354. The van der Waals surface area contributed by atoms with Crippen LogP contribution in [0.25, 0.3) is 0 Å². The molecule has 1 aromatic heterocycles. The van der Waals surface area contributed by atoms with Crippen molar-refractivity contribution in [2.45, 2.75) is 25.8 Å². The Bertz CT molecular complexity index is 1240. The Balaban J connectivity index is 1.44. The molecule has 2 aliphatic heterocycles. The molecule has 0 saturated carbocycles. The van der Waals surface area contributed by atoms with Crippen molar-refractivity contribution in [3.63, 3.8) is 0 Å². The van der Waals surface area contributed by atoms with Gasteiger partial charge in [0.15, 0.2) is 11.6 Å². The van der Waals surface area contributed by atoms with Crippen LogP contribution < -0.4 is 25.2 Å². The number of rotatable bonds is 6. The van der Waals surface area contributed by atoms with Crippen molar-refractivity contribution in [2.24, 2.45) is 0 Å². The zero-order valence-corrected chi connectivity index (χ0v) is 21.1. The van der Waals surface area contributed by atoms with Gasteiger partial charge >= 0.3 is 0 Å². The highest BCUT2D eigenvalue weighted by Gasteiger charge is 2.28. The number of methoxy groups -OCH3 is 1. The van der Waals surface area contributed by atoms with E-state index in [1.807, 2.05) is 25.1 Å². The van der Waals surface area contributed by atoms with Crippen LogP contribution in [-0.4, -0.2) is 43.5 Å². The minimum Gasteiger partial charge on any atom is -0.494 e. The summed E-state index contributed by atoms with van der Waals surface area (Å²) in [7, 11) is 1.66. The summed E-state index contributed by atoms with van der Waals surface area (Å²) in [5, 5.41) is 15.8. The lowest BCUT2D eigenvalue weighted by Crippen LogP contribution is -2.37. The maximum absolute atomic E-state index is 14.2. The summed E-state index contributed by atoms with van der Waals surface area (Å²) in [6.45, 7) is 5.40. The van der Waals surface area contributed by atoms with Gasteiger partial charge in [0.25, 0.3) is 0 Å². The lowest BCUT2D eigenvalue weighted by Gasteiger charge is -2.36. The third-order valence-corrected chi connectivity index (χ3v) is 7.33. The molecule has 2 aromatic carbocycles. The molecule has 35 heavy (non-hydrogen) atoms. The van der Waals surface area contributed by atoms with Crippen LogP contribution in [0.3, 0.4) is 0 Å². The van der Waals surface area contributed by atoms with Crippen molar-refractivity contribution in [3.8, 4) is 5.75 Å². The highest BCUT2D eigenvalue weighted by Crippen LogP contribution is 2.41. The number of hydrogen-bond acceptors (Lipinski definition) is 7. The third-order valence-electron chi connectivity index (χ3n) is 6.61. The number of anilines is 5. The molecule has 0 amide bonds. The topological polar surface area (TPSA) is 65.5 Å². The summed E-state index contributed by atoms with van der Waals surface area (Å²) < 4.78 is 19.9. The first-order chi connectivity index (χ1) is 17.0. The predicted molar refractivity (Wildman–Crippen MR) is 140 cm³/mol. The van der Waals surface area contributed by atoms with Crippen LogP contribution in [0.2, 0.25) is 10.0 Å². The Hall–Kier alpha value is -2.97. The molecule has 1 saturated heterocycles. The molecule has 184 valence electrons. The molecule has 0 unspecified atom stereocenters. The average Bonchev–Trinajstić information content (AvgIpc) is 3.41. The number of fused-ring (bicyclic) bond motifs is 1. The van der Waals surface area contributed by atoms with Gasteiger partial charge in [-0.15, -0.1) is 10.2 Å². The first-order valence-electron chi connectivity index (χ1n) is 11.7. The molecule has 0 spiro atoms. The first-order valence-corrected chi connectivity index (χ1v) is 12.4. The van der Waals surface area contributed by atoms with Gasteiger partial charge in [-0.2, -0.15) is 0 Å². The summed E-state index contributed by atoms with van der Waals surface area (Å²) in [5.41, 5.74) is 3.32. The summed E-state index contributed by atoms with van der Waals surface area (Å²) >= 11 is 12.7. The molecule has 0 aliphatic carbocycles. The summed E-state index contributed by atoms with van der Waals surface area (Å²) in [4.78, 5) is 4.46. The SMILES string of the molecule is COc1cc(N2CCCC2)ccc1Nc1cc2c(nn1)NCCN2[C@H](C)c1c(Cl)ccc(F)c1Cl. The first kappa shape index (κ1) is 23.8. The van der Waals surface area contributed by atoms with E-state index >= 15 is 0 Å². The van der Waals surface area contributed by atoms with Gasteiger partial charge in [-0.05, 0) is 44.0 Å². The number of benzene rings is 2. The van der Waals surface area contributed by atoms with Crippen molar-refractivity contribution in [3.05, 3.63) is 57.8 Å². The largest absolute Gasteiger partial charge is 0.494 e. The van der Waals surface area contributed by atoms with E-state index in [1.165, 1.54) is 25.0 Å². The Kier molecular flexibility index (Phi) is 6.75. The zero-order chi connectivity index (χ0) is 24.5. The number of hydrogen-bond donors (Lipinski definition) is 2. The third kappa shape index (κ3) is 4.65. The molecular formula is C25H27Cl2FN6O. The Morgan fingerprint density at radius 1 is 1.09 bits per heavy atom. The number of nitrogens with one attached hydrogen (secondary N) is 2. The monoisotopic (exact) mass is 516 g/mol. The van der Waals surface area contributed by atoms with Gasteiger partial charge in [0.1, 0.15) is 11.6 Å². The number of aromatic nitrogens is 2. The maximum Gasteiger partial charge on any atom is 0.172 e. The highest BCUT2D eigenvalue weighted by molar-refractivity contribution is 6.36. The Morgan fingerprint density at radius 2 is 1.89 bits per heavy atom. The number of ether oxygens (including phenoxy) is 1. The molecule has 10 heteroatoms. The molecular weight excluding hydrogens is 490 g/mol. The van der Waals surface area contributed by atoms with Crippen molar-refractivity contribution >= 4 is 51.9 Å². The smallest absolute Gasteiger partial charge is 0.172 e. The molecule has 3 heterocycles. The van der Waals surface area contributed by atoms with Gasteiger partial charge in [-0.25, -0.2) is 4.39 Å². The lowest BCUT2D eigenvalue weighted by atomic mass is 10.0. The van der Waals surface area contributed by atoms with E-state index in [4.69, 9.17) is 27.9 Å². The maximum atomic E-state index is 14.2. The van der Waals surface area contributed by atoms with Crippen LogP contribution in [-0.2, 0) is 0 Å². The fraction of sp³-hybridized carbons (Fsp3) is 0.360. The Labute approximate surface area is 214 Å². The minimum atomic E-state index is -0.493. The van der Waals surface area contributed by atoms with Gasteiger partial charge < -0.3 is 25.2 Å². The molecule has 0 radical (unpaired) electrons. The molecule has 7 nitrogen and oxygen atoms in total. The van der Waals surface area contributed by atoms with Crippen LogP contribution in [0.15, 0.2) is 36.4 Å². The van der Waals surface area contributed by atoms with Crippen LogP contribution in [0, 0.1) is 5.82 Å². The molecule has 5 rings (SSSR count). The number of halogens is 3. The van der Waals surface area contributed by atoms with E-state index in [2.05, 4.69) is 36.7 Å². The fourth-order valence-corrected chi connectivity index (χ4v) is 5.47. The van der Waals surface area contributed by atoms with E-state index < -0.39 is 5.82 Å². The molecule has 3 aromatic rings. The van der Waals surface area contributed by atoms with Gasteiger partial charge in [0.05, 0.1) is 29.5 Å². The zero-order valence-electron chi connectivity index (χ0n) is 19.6. The summed E-state index contributed by atoms with van der Waals surface area (Å²) in [6.07, 6.45) is 2.42. The fourth-order valence-electron chi connectivity index (χ4n) is 4.78. The van der Waals surface area contributed by atoms with Crippen LogP contribution in [0.4, 0.5) is 33.1 Å². The standard InChI is InChI=1S/C25H27Cl2FN6O/c1-15(23-17(26)6-7-18(28)24(23)27)34-12-9-29-25-20(34)14-22(31-32-25)30-19-8-5-16(13-21(19)35-2)33-10-3-4-11-33/h5-8,13-15H,3-4,9-12H2,1-2H3,(H,29,32)(H,30,31)/t15-/m1/s1. The van der Waals surface area contributed by atoms with Gasteiger partial charge in [-0.3, -0.25) is 0 Å². The van der Waals surface area contributed by atoms with Crippen LogP contribution >= 0.6 is 23.2 Å². The highest BCUT2D eigenvalue weighted by atomic mass is 35.5. The van der Waals surface area contributed by atoms with Gasteiger partial charge in [0, 0.05) is 54.6 Å². The number of nitrogens with zero attached hydrogens (tertiary/aromatic N) is 4. The van der Waals surface area contributed by atoms with Gasteiger partial charge in [-0.1, -0.05) is 23.2 Å². The normalized spacial score (nSPS) is 16.0. The second-order valence-electron chi connectivity index (χ2n) is 8.72. The van der Waals surface area contributed by atoms with E-state index in [0.717, 1.165) is 35.9 Å². The van der Waals surface area contributed by atoms with Crippen molar-refractivity contribution in [1.29, 1.82) is 0 Å². The Morgan fingerprint density at radius 3 is 2.66 bits per heavy atom. The second-order valence-corrected chi connectivity index (χ2v) is 9.51. The summed E-state index contributed by atoms with van der Waals surface area (Å²) in [5.74, 6) is 1.45. The molecule has 0 bridgehead atoms.